The minimum absolute atomic E-state index is 0.0762. The molecule has 0 bridgehead atoms. The molecule has 272 valence electrons. The summed E-state index contributed by atoms with van der Waals surface area (Å²) in [5.74, 6) is 6.20. The highest BCUT2D eigenvalue weighted by atomic mass is 31.2. The van der Waals surface area contributed by atoms with E-state index in [9.17, 15) is 29.0 Å². The number of hydrogen-bond acceptors (Lipinski definition) is 7. The van der Waals surface area contributed by atoms with Gasteiger partial charge in [0.2, 0.25) is 0 Å². The van der Waals surface area contributed by atoms with Gasteiger partial charge in [-0.25, -0.2) is 13.9 Å². The van der Waals surface area contributed by atoms with Crippen LogP contribution < -0.4 is 19.3 Å². The van der Waals surface area contributed by atoms with E-state index < -0.39 is 13.9 Å². The first-order valence-electron chi connectivity index (χ1n) is 17.1. The van der Waals surface area contributed by atoms with Crippen molar-refractivity contribution in [2.75, 3.05) is 13.2 Å². The lowest BCUT2D eigenvalue weighted by Gasteiger charge is -2.24. The highest BCUT2D eigenvalue weighted by Crippen LogP contribution is 2.37. The lowest BCUT2D eigenvalue weighted by atomic mass is 10.0. The van der Waals surface area contributed by atoms with Crippen LogP contribution in [0.1, 0.15) is 62.2 Å². The maximum Gasteiger partial charge on any atom is 0.317 e. The third-order valence-corrected chi connectivity index (χ3v) is 8.67. The minimum atomic E-state index is -5.15. The van der Waals surface area contributed by atoms with Crippen LogP contribution in [0.5, 0.6) is 5.75 Å². The number of hydrogen-bond donors (Lipinski definition) is 4. The van der Waals surface area contributed by atoms with Crippen molar-refractivity contribution < 1.29 is 38.0 Å². The number of rotatable bonds is 14. The van der Waals surface area contributed by atoms with Crippen LogP contribution in [0.2, 0.25) is 0 Å². The Hall–Kier alpha value is -4.66. The number of phosphoric acid groups is 1. The van der Waals surface area contributed by atoms with Crippen LogP contribution in [0, 0.1) is 17.7 Å². The number of imidazole rings is 1. The number of halogens is 1. The average molecular weight is 727 g/mol. The molecule has 2 unspecified atom stereocenters. The number of aromatic nitrogens is 3. The number of aliphatic hydroxyl groups is 2. The van der Waals surface area contributed by atoms with Gasteiger partial charge in [-0.05, 0) is 87.1 Å². The molecule has 0 amide bonds. The van der Waals surface area contributed by atoms with E-state index in [1.807, 2.05) is 68.1 Å². The summed E-state index contributed by atoms with van der Waals surface area (Å²) in [5.41, 5.74) is 4.81. The predicted octanol–water partition coefficient (Wildman–Crippen LogP) is 5.32. The van der Waals surface area contributed by atoms with E-state index in [2.05, 4.69) is 33.9 Å². The van der Waals surface area contributed by atoms with Crippen LogP contribution in [-0.4, -0.2) is 43.3 Å². The van der Waals surface area contributed by atoms with Crippen molar-refractivity contribution in [3.05, 3.63) is 126 Å². The summed E-state index contributed by atoms with van der Waals surface area (Å²) in [6, 6.07) is 24.9. The zero-order chi connectivity index (χ0) is 37.3. The fourth-order valence-electron chi connectivity index (χ4n) is 5.71. The van der Waals surface area contributed by atoms with Crippen molar-refractivity contribution in [3.63, 3.8) is 0 Å². The first-order chi connectivity index (χ1) is 24.8. The molecular formula is C40H44FN4O6P. The molecule has 0 aliphatic carbocycles. The summed E-state index contributed by atoms with van der Waals surface area (Å²) in [5, 5.41) is 23.4. The summed E-state index contributed by atoms with van der Waals surface area (Å²) in [6.07, 6.45) is 4.64. The summed E-state index contributed by atoms with van der Waals surface area (Å²) in [6.45, 7) is 6.83. The van der Waals surface area contributed by atoms with Gasteiger partial charge in [0, 0.05) is 48.3 Å². The lowest BCUT2D eigenvalue weighted by molar-refractivity contribution is -0.688. The zero-order valence-electron chi connectivity index (χ0n) is 29.5. The van der Waals surface area contributed by atoms with Gasteiger partial charge in [0.15, 0.2) is 24.8 Å². The second-order valence-corrected chi connectivity index (χ2v) is 14.6. The highest BCUT2D eigenvalue weighted by Gasteiger charge is 2.22. The van der Waals surface area contributed by atoms with Gasteiger partial charge in [-0.1, -0.05) is 42.3 Å². The standard InChI is InChI=1S/C40H44FN4O6P/c1-40(2,3)42-27-35(47)32-14-15-33(36(26-32)51-52(48,49)50)28-44-23-20-31(21-24-44)39-38(30-16-18-34(41)19-17-30)43-37(13-7-8-25-46)45(39)22-9-12-29-10-5-4-6-11-29/h4-6,10-11,14-21,23-24,26,35,42,46-47H,8-9,12,22,25,27-28H2,1-3H3,(H-,48,49,50). The Labute approximate surface area is 303 Å². The molecule has 0 saturated carbocycles. The largest absolute Gasteiger partial charge is 0.746 e. The van der Waals surface area contributed by atoms with Crippen LogP contribution in [-0.2, 0) is 24.1 Å². The summed E-state index contributed by atoms with van der Waals surface area (Å²) < 4.78 is 34.7. The Kier molecular flexibility index (Phi) is 12.8. The van der Waals surface area contributed by atoms with Crippen molar-refractivity contribution in [2.24, 2.45) is 0 Å². The van der Waals surface area contributed by atoms with E-state index in [1.165, 1.54) is 23.8 Å². The normalized spacial score (nSPS) is 13.2. The molecule has 12 heteroatoms. The van der Waals surface area contributed by atoms with E-state index in [0.29, 0.717) is 41.2 Å². The second kappa shape index (κ2) is 17.2. The average Bonchev–Trinajstić information content (AvgIpc) is 3.46. The van der Waals surface area contributed by atoms with Crippen molar-refractivity contribution in [1.29, 1.82) is 0 Å². The topological polar surface area (TPSA) is 144 Å². The number of phosphoric ester groups is 1. The molecule has 52 heavy (non-hydrogen) atoms. The van der Waals surface area contributed by atoms with Crippen molar-refractivity contribution in [2.45, 2.75) is 64.8 Å². The minimum Gasteiger partial charge on any atom is -0.746 e. The van der Waals surface area contributed by atoms with Gasteiger partial charge < -0.3 is 34.4 Å². The monoisotopic (exact) mass is 726 g/mol. The van der Waals surface area contributed by atoms with Gasteiger partial charge in [-0.3, -0.25) is 4.57 Å². The maximum absolute atomic E-state index is 14.0. The SMILES string of the molecule is CC(C)(C)NCC(O)c1ccc(C[n+]2ccc(-c3c(-c4ccc(F)cc4)nc(C#CCCO)n3CCCc3ccccc3)cc2)c(OP(=O)([O-])O)c1. The first-order valence-corrected chi connectivity index (χ1v) is 18.6. The van der Waals surface area contributed by atoms with Gasteiger partial charge in [-0.15, -0.1) is 0 Å². The molecule has 4 N–H and O–H groups in total. The molecule has 2 atom stereocenters. The Morgan fingerprint density at radius 3 is 2.40 bits per heavy atom. The highest BCUT2D eigenvalue weighted by molar-refractivity contribution is 7.45. The molecule has 5 aromatic rings. The number of benzene rings is 3. The quantitative estimate of drug-likeness (QED) is 0.0685. The Bertz CT molecular complexity index is 2050. The number of aryl methyl sites for hydroxylation is 1. The maximum atomic E-state index is 14.0. The molecule has 2 aromatic heterocycles. The Morgan fingerprint density at radius 1 is 1.04 bits per heavy atom. The molecule has 2 heterocycles. The molecule has 0 aliphatic rings. The van der Waals surface area contributed by atoms with E-state index in [1.54, 1.807) is 24.3 Å². The van der Waals surface area contributed by atoms with Gasteiger partial charge in [0.05, 0.1) is 29.7 Å². The molecule has 5 rings (SSSR count). The first kappa shape index (κ1) is 38.6. The van der Waals surface area contributed by atoms with Crippen LogP contribution in [0.15, 0.2) is 97.3 Å². The Balaban J connectivity index is 1.50. The van der Waals surface area contributed by atoms with Gasteiger partial charge in [0.25, 0.3) is 0 Å². The van der Waals surface area contributed by atoms with Gasteiger partial charge in [-0.2, -0.15) is 0 Å². The van der Waals surface area contributed by atoms with E-state index in [0.717, 1.165) is 24.1 Å². The predicted molar refractivity (Wildman–Crippen MR) is 195 cm³/mol. The van der Waals surface area contributed by atoms with E-state index in [4.69, 9.17) is 9.51 Å². The molecule has 10 nitrogen and oxygen atoms in total. The van der Waals surface area contributed by atoms with Crippen LogP contribution >= 0.6 is 7.82 Å². The number of aliphatic hydroxyl groups excluding tert-OH is 2. The molecule has 0 fully saturated rings. The number of nitrogens with zero attached hydrogens (tertiary/aromatic N) is 3. The molecule has 3 aromatic carbocycles. The summed E-state index contributed by atoms with van der Waals surface area (Å²) in [4.78, 5) is 26.3. The second-order valence-electron chi connectivity index (χ2n) is 13.5. The van der Waals surface area contributed by atoms with Gasteiger partial charge in [0.1, 0.15) is 11.6 Å². The number of pyridine rings is 1. The Morgan fingerprint density at radius 2 is 1.75 bits per heavy atom. The van der Waals surface area contributed by atoms with Crippen LogP contribution in [0.4, 0.5) is 4.39 Å². The molecule has 0 radical (unpaired) electrons. The fraction of sp³-hybridized carbons (Fsp3) is 0.300. The van der Waals surface area contributed by atoms with Crippen LogP contribution in [0.3, 0.4) is 0 Å². The van der Waals surface area contributed by atoms with Crippen LogP contribution in [0.25, 0.3) is 22.5 Å². The summed E-state index contributed by atoms with van der Waals surface area (Å²) >= 11 is 0. The molecule has 0 spiro atoms. The number of nitrogens with one attached hydrogen (secondary N) is 1. The molecule has 0 aliphatic heterocycles. The smallest absolute Gasteiger partial charge is 0.317 e. The fourth-order valence-corrected chi connectivity index (χ4v) is 6.13. The summed E-state index contributed by atoms with van der Waals surface area (Å²) in [7, 11) is -5.15. The van der Waals surface area contributed by atoms with E-state index >= 15 is 0 Å². The van der Waals surface area contributed by atoms with Crippen molar-refractivity contribution in [3.8, 4) is 40.1 Å². The molecule has 0 saturated heterocycles. The van der Waals surface area contributed by atoms with Crippen molar-refractivity contribution >= 4 is 7.82 Å². The zero-order valence-corrected chi connectivity index (χ0v) is 30.4. The van der Waals surface area contributed by atoms with Crippen molar-refractivity contribution in [1.82, 2.24) is 14.9 Å². The van der Waals surface area contributed by atoms with E-state index in [-0.39, 0.29) is 36.8 Å². The lowest BCUT2D eigenvalue weighted by Crippen LogP contribution is -2.38. The van der Waals surface area contributed by atoms with Gasteiger partial charge >= 0.3 is 7.82 Å². The third kappa shape index (κ3) is 10.9. The third-order valence-electron chi connectivity index (χ3n) is 8.25. The number of β-amino-alcohol motifs (C(OH)–C–C–N with tert-alkyl or cyclic N) is 1. The molecular weight excluding hydrogens is 682 g/mol.